The summed E-state index contributed by atoms with van der Waals surface area (Å²) in [6.07, 6.45) is 2.31. The minimum absolute atomic E-state index is 0.000909. The van der Waals surface area contributed by atoms with Gasteiger partial charge in [-0.3, -0.25) is 13.9 Å². The van der Waals surface area contributed by atoms with Crippen LogP contribution < -0.4 is 14.4 Å². The number of halogens is 1. The van der Waals surface area contributed by atoms with Crippen molar-refractivity contribution in [2.45, 2.75) is 58.2 Å². The minimum atomic E-state index is -3.68. The molecular weight excluding hydrogens is 557 g/mol. The van der Waals surface area contributed by atoms with Crippen LogP contribution in [0.25, 0.3) is 0 Å². The number of hydrogen-bond acceptors (Lipinski definition) is 5. The molecule has 0 aliphatic rings. The maximum Gasteiger partial charge on any atom is 0.243 e. The molecule has 2 atom stereocenters. The fraction of sp³-hybridized carbons (Fsp3) is 0.375. The zero-order valence-corrected chi connectivity index (χ0v) is 25.4. The van der Waals surface area contributed by atoms with E-state index >= 15 is 0 Å². The van der Waals surface area contributed by atoms with Crippen LogP contribution in [0.1, 0.15) is 44.2 Å². The van der Waals surface area contributed by atoms with Crippen molar-refractivity contribution in [2.75, 3.05) is 24.2 Å². The number of sulfonamides is 1. The van der Waals surface area contributed by atoms with E-state index in [1.54, 1.807) is 12.0 Å². The quantitative estimate of drug-likeness (QED) is 0.268. The normalized spacial score (nSPS) is 12.7. The summed E-state index contributed by atoms with van der Waals surface area (Å²) >= 11 is 0. The van der Waals surface area contributed by atoms with E-state index in [4.69, 9.17) is 4.74 Å². The third-order valence-corrected chi connectivity index (χ3v) is 8.22. The molecule has 2 amide bonds. The summed E-state index contributed by atoms with van der Waals surface area (Å²) < 4.78 is 45.1. The van der Waals surface area contributed by atoms with Gasteiger partial charge in [-0.15, -0.1) is 0 Å². The Morgan fingerprint density at radius 1 is 0.976 bits per heavy atom. The van der Waals surface area contributed by atoms with Crippen LogP contribution >= 0.6 is 0 Å². The lowest BCUT2D eigenvalue weighted by Crippen LogP contribution is -2.52. The van der Waals surface area contributed by atoms with Crippen molar-refractivity contribution in [1.82, 2.24) is 10.2 Å². The van der Waals surface area contributed by atoms with Gasteiger partial charge in [-0.2, -0.15) is 0 Å². The summed E-state index contributed by atoms with van der Waals surface area (Å²) in [5.74, 6) is -0.388. The molecule has 10 heteroatoms. The summed E-state index contributed by atoms with van der Waals surface area (Å²) in [6.45, 7) is 4.08. The van der Waals surface area contributed by atoms with Crippen molar-refractivity contribution in [1.29, 1.82) is 0 Å². The smallest absolute Gasteiger partial charge is 0.243 e. The molecule has 0 unspecified atom stereocenters. The van der Waals surface area contributed by atoms with Gasteiger partial charge in [-0.25, -0.2) is 12.8 Å². The van der Waals surface area contributed by atoms with Gasteiger partial charge in [0.25, 0.3) is 0 Å². The Morgan fingerprint density at radius 2 is 1.64 bits per heavy atom. The van der Waals surface area contributed by atoms with Crippen LogP contribution in [-0.2, 0) is 32.6 Å². The van der Waals surface area contributed by atoms with Crippen molar-refractivity contribution >= 4 is 27.5 Å². The summed E-state index contributed by atoms with van der Waals surface area (Å²) in [5, 5.41) is 3.04. The number of ether oxygens (including phenoxy) is 1. The molecule has 3 aromatic rings. The van der Waals surface area contributed by atoms with Crippen LogP contribution in [0.5, 0.6) is 5.75 Å². The first-order chi connectivity index (χ1) is 20.0. The number of anilines is 1. The molecule has 0 bridgehead atoms. The van der Waals surface area contributed by atoms with Crippen LogP contribution in [0.3, 0.4) is 0 Å². The summed E-state index contributed by atoms with van der Waals surface area (Å²) in [4.78, 5) is 29.1. The molecule has 0 aliphatic heterocycles. The van der Waals surface area contributed by atoms with Gasteiger partial charge in [0.15, 0.2) is 0 Å². The predicted octanol–water partition coefficient (Wildman–Crippen LogP) is 4.94. The van der Waals surface area contributed by atoms with Crippen LogP contribution in [0, 0.1) is 5.82 Å². The third-order valence-electron chi connectivity index (χ3n) is 7.03. The average Bonchev–Trinajstić information content (AvgIpc) is 2.97. The fourth-order valence-electron chi connectivity index (χ4n) is 4.57. The van der Waals surface area contributed by atoms with Gasteiger partial charge in [0.2, 0.25) is 21.8 Å². The Labute approximate surface area is 248 Å². The number of benzene rings is 3. The number of carbonyl (C=O) groups excluding carboxylic acids is 2. The molecule has 0 spiro atoms. The van der Waals surface area contributed by atoms with Gasteiger partial charge in [0.1, 0.15) is 17.6 Å². The van der Waals surface area contributed by atoms with Gasteiger partial charge < -0.3 is 15.0 Å². The van der Waals surface area contributed by atoms with Crippen LogP contribution in [0.4, 0.5) is 10.1 Å². The van der Waals surface area contributed by atoms with Crippen molar-refractivity contribution in [3.05, 3.63) is 95.8 Å². The molecule has 1 N–H and O–H groups in total. The second kappa shape index (κ2) is 15.3. The minimum Gasteiger partial charge on any atom is -0.497 e. The number of nitrogens with zero attached hydrogens (tertiary/aromatic N) is 2. The van der Waals surface area contributed by atoms with E-state index in [0.29, 0.717) is 17.9 Å². The zero-order chi connectivity index (χ0) is 30.7. The Balaban J connectivity index is 1.90. The topological polar surface area (TPSA) is 96.0 Å². The lowest BCUT2D eigenvalue weighted by atomic mass is 10.0. The summed E-state index contributed by atoms with van der Waals surface area (Å²) in [7, 11) is -2.12. The molecule has 0 saturated heterocycles. The number of nitrogens with one attached hydrogen (secondary N) is 1. The standard InChI is InChI=1S/C32H40FN3O5S/c1-5-24(2)34-32(38)30(22-25-11-7-6-8-12-25)35(23-26-13-9-14-29(21-26)41-3)31(37)15-10-20-36(42(4,39)40)28-18-16-27(33)17-19-28/h6-9,11-14,16-19,21,24,30H,5,10,15,20,22-23H2,1-4H3,(H,34,38)/t24-,30+/m0/s1. The van der Waals surface area contributed by atoms with Crippen LogP contribution in [0.15, 0.2) is 78.9 Å². The molecule has 0 aliphatic carbocycles. The van der Waals surface area contributed by atoms with Gasteiger partial charge in [-0.1, -0.05) is 49.4 Å². The Kier molecular flexibility index (Phi) is 11.9. The SMILES string of the molecule is CC[C@H](C)NC(=O)[C@@H](Cc1ccccc1)N(Cc1cccc(OC)c1)C(=O)CCCN(c1ccc(F)cc1)S(C)(=O)=O. The maximum absolute atomic E-state index is 13.9. The molecule has 0 fully saturated rings. The molecule has 0 saturated carbocycles. The van der Waals surface area contributed by atoms with Gasteiger partial charge in [0.05, 0.1) is 19.1 Å². The highest BCUT2D eigenvalue weighted by molar-refractivity contribution is 7.92. The molecule has 8 nitrogen and oxygen atoms in total. The van der Waals surface area contributed by atoms with Crippen molar-refractivity contribution < 1.29 is 27.1 Å². The predicted molar refractivity (Wildman–Crippen MR) is 163 cm³/mol. The van der Waals surface area contributed by atoms with Gasteiger partial charge in [-0.05, 0) is 67.3 Å². The summed E-state index contributed by atoms with van der Waals surface area (Å²) in [5.41, 5.74) is 2.01. The monoisotopic (exact) mass is 597 g/mol. The van der Waals surface area contributed by atoms with Crippen LogP contribution in [0.2, 0.25) is 0 Å². The third kappa shape index (κ3) is 9.58. The highest BCUT2D eigenvalue weighted by Gasteiger charge is 2.31. The number of amides is 2. The van der Waals surface area contributed by atoms with E-state index in [1.807, 2.05) is 68.4 Å². The van der Waals surface area contributed by atoms with E-state index in [2.05, 4.69) is 5.32 Å². The largest absolute Gasteiger partial charge is 0.497 e. The maximum atomic E-state index is 13.9. The number of hydrogen-bond donors (Lipinski definition) is 1. The van der Waals surface area contributed by atoms with Gasteiger partial charge in [0, 0.05) is 32.0 Å². The van der Waals surface area contributed by atoms with E-state index in [-0.39, 0.29) is 43.8 Å². The van der Waals surface area contributed by atoms with Crippen LogP contribution in [-0.4, -0.2) is 57.1 Å². The van der Waals surface area contributed by atoms with Crippen molar-refractivity contribution in [2.24, 2.45) is 0 Å². The number of carbonyl (C=O) groups is 2. The van der Waals surface area contributed by atoms with E-state index in [9.17, 15) is 22.4 Å². The van der Waals surface area contributed by atoms with E-state index in [1.165, 1.54) is 24.3 Å². The zero-order valence-electron chi connectivity index (χ0n) is 24.6. The first kappa shape index (κ1) is 32.6. The van der Waals surface area contributed by atoms with Gasteiger partial charge >= 0.3 is 0 Å². The molecule has 3 aromatic carbocycles. The Morgan fingerprint density at radius 3 is 2.26 bits per heavy atom. The highest BCUT2D eigenvalue weighted by Crippen LogP contribution is 2.22. The molecule has 3 rings (SSSR count). The molecule has 42 heavy (non-hydrogen) atoms. The average molecular weight is 598 g/mol. The molecule has 0 heterocycles. The fourth-order valence-corrected chi connectivity index (χ4v) is 5.54. The lowest BCUT2D eigenvalue weighted by Gasteiger charge is -2.33. The molecule has 0 radical (unpaired) electrons. The summed E-state index contributed by atoms with van der Waals surface area (Å²) in [6, 6.07) is 21.1. The second-order valence-corrected chi connectivity index (χ2v) is 12.2. The number of rotatable bonds is 15. The first-order valence-corrected chi connectivity index (χ1v) is 15.9. The highest BCUT2D eigenvalue weighted by atomic mass is 32.2. The second-order valence-electron chi connectivity index (χ2n) is 10.3. The first-order valence-electron chi connectivity index (χ1n) is 14.0. The molecule has 226 valence electrons. The Hall–Kier alpha value is -3.92. The van der Waals surface area contributed by atoms with E-state index in [0.717, 1.165) is 28.1 Å². The molecule has 0 aromatic heterocycles. The van der Waals surface area contributed by atoms with Crippen molar-refractivity contribution in [3.63, 3.8) is 0 Å². The molecular formula is C32H40FN3O5S. The number of methoxy groups -OCH3 is 1. The van der Waals surface area contributed by atoms with Crippen molar-refractivity contribution in [3.8, 4) is 5.75 Å². The lowest BCUT2D eigenvalue weighted by molar-refractivity contribution is -0.141. The van der Waals surface area contributed by atoms with E-state index < -0.39 is 21.9 Å². The Bertz CT molecular complexity index is 1420.